The molecular weight excluding hydrogens is 324 g/mol. The van der Waals surface area contributed by atoms with E-state index < -0.39 is 18.0 Å². The second-order valence-electron chi connectivity index (χ2n) is 5.16. The van der Waals surface area contributed by atoms with E-state index in [-0.39, 0.29) is 5.69 Å². The highest BCUT2D eigenvalue weighted by Gasteiger charge is 2.22. The van der Waals surface area contributed by atoms with Crippen LogP contribution in [0.4, 0.5) is 0 Å². The van der Waals surface area contributed by atoms with Crippen LogP contribution in [0.2, 0.25) is 0 Å². The number of primary amides is 1. The first-order valence-corrected chi connectivity index (χ1v) is 7.31. The molecule has 3 aromatic rings. The van der Waals surface area contributed by atoms with Crippen LogP contribution in [0.1, 0.15) is 22.2 Å². The van der Waals surface area contributed by atoms with E-state index in [2.05, 4.69) is 15.4 Å². The standard InChI is InChI=1S/C17H14N4O4/c18-16(22)14-13(19-21-20-14)10-6-8-12(9-7-10)25-15(17(23)24)11-4-2-1-3-5-11/h1-9,15H,(H2,18,22)(H,23,24)(H,19,20,21). The summed E-state index contributed by atoms with van der Waals surface area (Å²) in [6.45, 7) is 0. The van der Waals surface area contributed by atoms with E-state index >= 15 is 0 Å². The van der Waals surface area contributed by atoms with E-state index in [0.717, 1.165) is 0 Å². The second kappa shape index (κ2) is 6.83. The molecule has 3 rings (SSSR count). The van der Waals surface area contributed by atoms with E-state index in [1.807, 2.05) is 0 Å². The van der Waals surface area contributed by atoms with E-state index in [0.29, 0.717) is 22.6 Å². The number of rotatable bonds is 6. The summed E-state index contributed by atoms with van der Waals surface area (Å²) in [6, 6.07) is 15.1. The molecule has 0 aliphatic heterocycles. The number of amides is 1. The van der Waals surface area contributed by atoms with Crippen molar-refractivity contribution in [1.29, 1.82) is 0 Å². The molecule has 0 saturated carbocycles. The average Bonchev–Trinajstić information content (AvgIpc) is 3.11. The summed E-state index contributed by atoms with van der Waals surface area (Å²) in [5, 5.41) is 19.4. The van der Waals surface area contributed by atoms with Crippen LogP contribution in [0.3, 0.4) is 0 Å². The number of hydrogen-bond acceptors (Lipinski definition) is 5. The van der Waals surface area contributed by atoms with Gasteiger partial charge in [-0.15, -0.1) is 0 Å². The number of nitrogens with one attached hydrogen (secondary N) is 1. The van der Waals surface area contributed by atoms with Crippen molar-refractivity contribution in [3.8, 4) is 17.0 Å². The zero-order valence-corrected chi connectivity index (χ0v) is 12.9. The van der Waals surface area contributed by atoms with Crippen LogP contribution in [0.25, 0.3) is 11.3 Å². The van der Waals surface area contributed by atoms with Crippen molar-refractivity contribution in [1.82, 2.24) is 15.4 Å². The summed E-state index contributed by atoms with van der Waals surface area (Å²) in [5.41, 5.74) is 6.72. The number of benzene rings is 2. The normalized spacial score (nSPS) is 11.7. The topological polar surface area (TPSA) is 131 Å². The van der Waals surface area contributed by atoms with Gasteiger partial charge in [0.05, 0.1) is 0 Å². The minimum absolute atomic E-state index is 0.0290. The van der Waals surface area contributed by atoms with Gasteiger partial charge in [0.1, 0.15) is 11.4 Å². The van der Waals surface area contributed by atoms with Gasteiger partial charge in [-0.25, -0.2) is 4.79 Å². The first kappa shape index (κ1) is 16.2. The Balaban J connectivity index is 1.83. The zero-order chi connectivity index (χ0) is 17.8. The third kappa shape index (κ3) is 3.47. The van der Waals surface area contributed by atoms with Gasteiger partial charge in [0.2, 0.25) is 6.10 Å². The zero-order valence-electron chi connectivity index (χ0n) is 12.9. The first-order valence-electron chi connectivity index (χ1n) is 7.31. The Morgan fingerprint density at radius 2 is 1.72 bits per heavy atom. The highest BCUT2D eigenvalue weighted by molar-refractivity contribution is 5.96. The average molecular weight is 338 g/mol. The Bertz CT molecular complexity index is 891. The first-order chi connectivity index (χ1) is 12.1. The van der Waals surface area contributed by atoms with Crippen molar-refractivity contribution in [2.45, 2.75) is 6.10 Å². The molecule has 0 fully saturated rings. The van der Waals surface area contributed by atoms with Gasteiger partial charge in [-0.1, -0.05) is 30.3 Å². The minimum Gasteiger partial charge on any atom is -0.478 e. The molecule has 1 amide bonds. The molecule has 2 aromatic carbocycles. The fourth-order valence-electron chi connectivity index (χ4n) is 2.32. The number of hydrogen-bond donors (Lipinski definition) is 3. The highest BCUT2D eigenvalue weighted by Crippen LogP contribution is 2.26. The van der Waals surface area contributed by atoms with Crippen molar-refractivity contribution in [2.24, 2.45) is 5.73 Å². The molecule has 8 heteroatoms. The van der Waals surface area contributed by atoms with Gasteiger partial charge in [0.15, 0.2) is 5.69 Å². The lowest BCUT2D eigenvalue weighted by molar-refractivity contribution is -0.145. The van der Waals surface area contributed by atoms with Gasteiger partial charge in [-0.2, -0.15) is 15.4 Å². The lowest BCUT2D eigenvalue weighted by Gasteiger charge is -2.15. The number of carbonyl (C=O) groups excluding carboxylic acids is 1. The van der Waals surface area contributed by atoms with Crippen LogP contribution in [-0.4, -0.2) is 32.4 Å². The molecular formula is C17H14N4O4. The van der Waals surface area contributed by atoms with Crippen LogP contribution >= 0.6 is 0 Å². The smallest absolute Gasteiger partial charge is 0.349 e. The number of ether oxygens (including phenoxy) is 1. The number of carbonyl (C=O) groups is 2. The highest BCUT2D eigenvalue weighted by atomic mass is 16.5. The largest absolute Gasteiger partial charge is 0.478 e. The van der Waals surface area contributed by atoms with Crippen LogP contribution in [0.5, 0.6) is 5.75 Å². The van der Waals surface area contributed by atoms with Crippen LogP contribution in [0.15, 0.2) is 54.6 Å². The van der Waals surface area contributed by atoms with Crippen molar-refractivity contribution in [3.63, 3.8) is 0 Å². The van der Waals surface area contributed by atoms with Gasteiger partial charge in [-0.3, -0.25) is 4.79 Å². The lowest BCUT2D eigenvalue weighted by Crippen LogP contribution is -2.18. The minimum atomic E-state index is -1.12. The van der Waals surface area contributed by atoms with Crippen LogP contribution in [-0.2, 0) is 4.79 Å². The number of nitrogens with zero attached hydrogens (tertiary/aromatic N) is 2. The second-order valence-corrected chi connectivity index (χ2v) is 5.16. The predicted molar refractivity (Wildman–Crippen MR) is 87.8 cm³/mol. The predicted octanol–water partition coefficient (Wildman–Crippen LogP) is 1.78. The summed E-state index contributed by atoms with van der Waals surface area (Å²) >= 11 is 0. The molecule has 4 N–H and O–H groups in total. The van der Waals surface area contributed by atoms with Crippen molar-refractivity contribution in [3.05, 3.63) is 65.9 Å². The maximum Gasteiger partial charge on any atom is 0.349 e. The number of H-pyrrole nitrogens is 1. The number of aliphatic carboxylic acids is 1. The molecule has 25 heavy (non-hydrogen) atoms. The lowest BCUT2D eigenvalue weighted by atomic mass is 10.1. The van der Waals surface area contributed by atoms with Gasteiger partial charge >= 0.3 is 5.97 Å². The number of aromatic amines is 1. The van der Waals surface area contributed by atoms with Gasteiger partial charge in [-0.05, 0) is 24.3 Å². The van der Waals surface area contributed by atoms with Gasteiger partial charge in [0.25, 0.3) is 5.91 Å². The summed E-state index contributed by atoms with van der Waals surface area (Å²) in [7, 11) is 0. The summed E-state index contributed by atoms with van der Waals surface area (Å²) in [6.07, 6.45) is -1.12. The molecule has 1 aromatic heterocycles. The Morgan fingerprint density at radius 1 is 1.04 bits per heavy atom. The van der Waals surface area contributed by atoms with Crippen molar-refractivity contribution in [2.75, 3.05) is 0 Å². The molecule has 1 atom stereocenters. The van der Waals surface area contributed by atoms with E-state index in [1.54, 1.807) is 54.6 Å². The van der Waals surface area contributed by atoms with E-state index in [4.69, 9.17) is 10.5 Å². The molecule has 8 nitrogen and oxygen atoms in total. The van der Waals surface area contributed by atoms with Gasteiger partial charge in [0, 0.05) is 11.1 Å². The number of carboxylic acid groups (broad SMARTS) is 1. The van der Waals surface area contributed by atoms with Crippen molar-refractivity contribution < 1.29 is 19.4 Å². The van der Waals surface area contributed by atoms with Crippen LogP contribution < -0.4 is 10.5 Å². The van der Waals surface area contributed by atoms with Crippen LogP contribution in [0, 0.1) is 0 Å². The third-order valence-electron chi connectivity index (χ3n) is 3.49. The maximum atomic E-state index is 11.5. The Labute approximate surface area is 142 Å². The molecule has 0 spiro atoms. The molecule has 0 bridgehead atoms. The molecule has 1 unspecified atom stereocenters. The Hall–Kier alpha value is -3.68. The summed E-state index contributed by atoms with van der Waals surface area (Å²) in [5.74, 6) is -1.42. The fourth-order valence-corrected chi connectivity index (χ4v) is 2.32. The third-order valence-corrected chi connectivity index (χ3v) is 3.49. The quantitative estimate of drug-likeness (QED) is 0.628. The Kier molecular flexibility index (Phi) is 4.42. The number of carboxylic acids is 1. The SMILES string of the molecule is NC(=O)c1n[nH]nc1-c1ccc(OC(C(=O)O)c2ccccc2)cc1. The molecule has 0 aliphatic carbocycles. The maximum absolute atomic E-state index is 11.5. The molecule has 0 radical (unpaired) electrons. The molecule has 126 valence electrons. The number of aromatic nitrogens is 3. The van der Waals surface area contributed by atoms with Gasteiger partial charge < -0.3 is 15.6 Å². The summed E-state index contributed by atoms with van der Waals surface area (Å²) < 4.78 is 5.58. The van der Waals surface area contributed by atoms with Crippen molar-refractivity contribution >= 4 is 11.9 Å². The van der Waals surface area contributed by atoms with E-state index in [9.17, 15) is 14.7 Å². The molecule has 0 saturated heterocycles. The molecule has 1 heterocycles. The Morgan fingerprint density at radius 3 is 2.32 bits per heavy atom. The fraction of sp³-hybridized carbons (Fsp3) is 0.0588. The number of nitrogens with two attached hydrogens (primary N) is 1. The molecule has 0 aliphatic rings. The summed E-state index contributed by atoms with van der Waals surface area (Å²) in [4.78, 5) is 22.8. The monoisotopic (exact) mass is 338 g/mol. The van der Waals surface area contributed by atoms with E-state index in [1.165, 1.54) is 0 Å².